The minimum absolute atomic E-state index is 0.0333. The Morgan fingerprint density at radius 3 is 2.50 bits per heavy atom. The van der Waals surface area contributed by atoms with Gasteiger partial charge in [0.2, 0.25) is 5.91 Å². The van der Waals surface area contributed by atoms with E-state index in [4.69, 9.17) is 0 Å². The van der Waals surface area contributed by atoms with Gasteiger partial charge in [0, 0.05) is 18.7 Å². The van der Waals surface area contributed by atoms with Crippen LogP contribution in [-0.4, -0.2) is 19.0 Å². The lowest BCUT2D eigenvalue weighted by Gasteiger charge is -2.23. The molecule has 0 radical (unpaired) electrons. The predicted octanol–water partition coefficient (Wildman–Crippen LogP) is 2.92. The third-order valence-electron chi connectivity index (χ3n) is 2.79. The molecular formula is C15H24N2O. The Kier molecular flexibility index (Phi) is 5.35. The Morgan fingerprint density at radius 1 is 1.22 bits per heavy atom. The normalized spacial score (nSPS) is 11.3. The van der Waals surface area contributed by atoms with Crippen LogP contribution in [0.25, 0.3) is 0 Å². The summed E-state index contributed by atoms with van der Waals surface area (Å²) in [6.07, 6.45) is 0.506. The molecule has 1 aromatic rings. The molecule has 3 heteroatoms. The van der Waals surface area contributed by atoms with Gasteiger partial charge in [0.15, 0.2) is 0 Å². The number of carbonyl (C=O) groups excluding carboxylic acids is 1. The molecule has 0 aliphatic heterocycles. The summed E-state index contributed by atoms with van der Waals surface area (Å²) in [5, 5.41) is 6.15. The molecule has 0 fully saturated rings. The molecule has 0 saturated heterocycles. The van der Waals surface area contributed by atoms with Crippen molar-refractivity contribution in [2.24, 2.45) is 0 Å². The van der Waals surface area contributed by atoms with Crippen molar-refractivity contribution >= 4 is 11.6 Å². The highest BCUT2D eigenvalue weighted by Crippen LogP contribution is 2.29. The van der Waals surface area contributed by atoms with Gasteiger partial charge in [-0.2, -0.15) is 0 Å². The number of carbonyl (C=O) groups is 1. The maximum atomic E-state index is 11.8. The summed E-state index contributed by atoms with van der Waals surface area (Å²) in [4.78, 5) is 11.8. The van der Waals surface area contributed by atoms with Gasteiger partial charge in [-0.25, -0.2) is 0 Å². The first-order valence-corrected chi connectivity index (χ1v) is 6.55. The molecular weight excluding hydrogens is 224 g/mol. The van der Waals surface area contributed by atoms with E-state index in [2.05, 4.69) is 37.5 Å². The van der Waals surface area contributed by atoms with Crippen molar-refractivity contribution in [1.29, 1.82) is 0 Å². The zero-order valence-corrected chi connectivity index (χ0v) is 11.8. The maximum Gasteiger partial charge on any atom is 0.225 e. The average molecular weight is 248 g/mol. The van der Waals surface area contributed by atoms with Gasteiger partial charge in [-0.1, -0.05) is 45.9 Å². The minimum Gasteiger partial charge on any atom is -0.326 e. The van der Waals surface area contributed by atoms with E-state index in [9.17, 15) is 4.79 Å². The van der Waals surface area contributed by atoms with Crippen molar-refractivity contribution in [3.05, 3.63) is 29.8 Å². The van der Waals surface area contributed by atoms with Gasteiger partial charge in [0.05, 0.1) is 0 Å². The van der Waals surface area contributed by atoms with Crippen molar-refractivity contribution in [2.45, 2.75) is 39.5 Å². The second kappa shape index (κ2) is 6.55. The van der Waals surface area contributed by atoms with Crippen LogP contribution in [0.1, 0.15) is 39.7 Å². The molecule has 3 nitrogen and oxygen atoms in total. The van der Waals surface area contributed by atoms with Gasteiger partial charge in [0.25, 0.3) is 0 Å². The molecule has 0 aliphatic carbocycles. The van der Waals surface area contributed by atoms with Gasteiger partial charge in [-0.3, -0.25) is 4.79 Å². The van der Waals surface area contributed by atoms with Gasteiger partial charge >= 0.3 is 0 Å². The monoisotopic (exact) mass is 248 g/mol. The number of rotatable bonds is 5. The van der Waals surface area contributed by atoms with E-state index in [1.807, 2.05) is 25.1 Å². The molecule has 0 saturated carbocycles. The lowest BCUT2D eigenvalue weighted by molar-refractivity contribution is -0.116. The summed E-state index contributed by atoms with van der Waals surface area (Å²) in [7, 11) is 0. The van der Waals surface area contributed by atoms with E-state index < -0.39 is 0 Å². The first kappa shape index (κ1) is 14.7. The van der Waals surface area contributed by atoms with Crippen molar-refractivity contribution in [3.8, 4) is 0 Å². The lowest BCUT2D eigenvalue weighted by Crippen LogP contribution is -2.23. The third kappa shape index (κ3) is 4.49. The van der Waals surface area contributed by atoms with Gasteiger partial charge in [0.1, 0.15) is 0 Å². The first-order valence-electron chi connectivity index (χ1n) is 6.55. The topological polar surface area (TPSA) is 41.1 Å². The Hall–Kier alpha value is -1.35. The molecule has 0 atom stereocenters. The summed E-state index contributed by atoms with van der Waals surface area (Å²) in [6.45, 7) is 10.1. The lowest BCUT2D eigenvalue weighted by atomic mass is 9.86. The van der Waals surface area contributed by atoms with E-state index in [1.165, 1.54) is 5.56 Å². The van der Waals surface area contributed by atoms with E-state index in [1.54, 1.807) is 0 Å². The van der Waals surface area contributed by atoms with Crippen molar-refractivity contribution in [3.63, 3.8) is 0 Å². The highest BCUT2D eigenvalue weighted by molar-refractivity contribution is 5.91. The fraction of sp³-hybridized carbons (Fsp3) is 0.533. The Bertz CT molecular complexity index is 394. The molecule has 18 heavy (non-hydrogen) atoms. The van der Waals surface area contributed by atoms with E-state index in [0.717, 1.165) is 18.8 Å². The third-order valence-corrected chi connectivity index (χ3v) is 2.79. The smallest absolute Gasteiger partial charge is 0.225 e. The molecule has 1 aromatic carbocycles. The summed E-state index contributed by atoms with van der Waals surface area (Å²) in [5.41, 5.74) is 2.12. The van der Waals surface area contributed by atoms with Crippen LogP contribution in [0.2, 0.25) is 0 Å². The molecule has 0 aromatic heterocycles. The average Bonchev–Trinajstić information content (AvgIpc) is 2.28. The molecule has 2 N–H and O–H groups in total. The molecule has 1 rings (SSSR count). The number of nitrogens with one attached hydrogen (secondary N) is 2. The van der Waals surface area contributed by atoms with Crippen LogP contribution >= 0.6 is 0 Å². The second-order valence-electron chi connectivity index (χ2n) is 5.45. The maximum absolute atomic E-state index is 11.8. The van der Waals surface area contributed by atoms with Crippen LogP contribution in [0.4, 0.5) is 5.69 Å². The van der Waals surface area contributed by atoms with Crippen LogP contribution < -0.4 is 10.6 Å². The molecule has 0 heterocycles. The van der Waals surface area contributed by atoms with Gasteiger partial charge < -0.3 is 10.6 Å². The number of para-hydroxylation sites is 1. The largest absolute Gasteiger partial charge is 0.326 e. The number of hydrogen-bond acceptors (Lipinski definition) is 2. The highest BCUT2D eigenvalue weighted by Gasteiger charge is 2.18. The molecule has 100 valence electrons. The van der Waals surface area contributed by atoms with Gasteiger partial charge in [-0.15, -0.1) is 0 Å². The van der Waals surface area contributed by atoms with E-state index in [-0.39, 0.29) is 11.3 Å². The van der Waals surface area contributed by atoms with E-state index >= 15 is 0 Å². The number of anilines is 1. The highest BCUT2D eigenvalue weighted by atomic mass is 16.1. The van der Waals surface area contributed by atoms with Crippen LogP contribution in [-0.2, 0) is 10.2 Å². The minimum atomic E-state index is 0.0333. The predicted molar refractivity (Wildman–Crippen MR) is 76.9 cm³/mol. The van der Waals surface area contributed by atoms with Crippen LogP contribution in [0.5, 0.6) is 0 Å². The molecule has 1 amide bonds. The molecule has 0 unspecified atom stereocenters. The Balaban J connectivity index is 2.70. The van der Waals surface area contributed by atoms with Gasteiger partial charge in [-0.05, 0) is 23.6 Å². The van der Waals surface area contributed by atoms with Crippen LogP contribution in [0.3, 0.4) is 0 Å². The number of hydrogen-bond donors (Lipinski definition) is 2. The molecule has 0 aliphatic rings. The zero-order valence-electron chi connectivity index (χ0n) is 11.8. The first-order chi connectivity index (χ1) is 8.45. The summed E-state index contributed by atoms with van der Waals surface area (Å²) < 4.78 is 0. The van der Waals surface area contributed by atoms with Crippen LogP contribution in [0.15, 0.2) is 24.3 Å². The number of benzene rings is 1. The summed E-state index contributed by atoms with van der Waals surface area (Å²) in [5.74, 6) is 0.0626. The SMILES string of the molecule is CCNCCC(=O)Nc1ccccc1C(C)(C)C. The summed E-state index contributed by atoms with van der Waals surface area (Å²) in [6, 6.07) is 8.00. The summed E-state index contributed by atoms with van der Waals surface area (Å²) >= 11 is 0. The Morgan fingerprint density at radius 2 is 1.89 bits per heavy atom. The van der Waals surface area contributed by atoms with Crippen molar-refractivity contribution in [2.75, 3.05) is 18.4 Å². The Labute approximate surface area is 110 Å². The van der Waals surface area contributed by atoms with E-state index in [0.29, 0.717) is 6.42 Å². The molecule has 0 bridgehead atoms. The number of amides is 1. The zero-order chi connectivity index (χ0) is 13.6. The standard InChI is InChI=1S/C15H24N2O/c1-5-16-11-10-14(18)17-13-9-7-6-8-12(13)15(2,3)4/h6-9,16H,5,10-11H2,1-4H3,(H,17,18). The fourth-order valence-electron chi connectivity index (χ4n) is 1.84. The van der Waals surface area contributed by atoms with Crippen molar-refractivity contribution < 1.29 is 4.79 Å². The second-order valence-corrected chi connectivity index (χ2v) is 5.45. The fourth-order valence-corrected chi connectivity index (χ4v) is 1.84. The quantitative estimate of drug-likeness (QED) is 0.787. The van der Waals surface area contributed by atoms with Crippen molar-refractivity contribution in [1.82, 2.24) is 5.32 Å². The molecule has 0 spiro atoms. The van der Waals surface area contributed by atoms with Crippen LogP contribution in [0, 0.1) is 0 Å².